The van der Waals surface area contributed by atoms with Gasteiger partial charge in [-0.1, -0.05) is 29.3 Å². The first-order valence-electron chi connectivity index (χ1n) is 5.39. The number of fused-ring (bicyclic) bond motifs is 1. The zero-order chi connectivity index (χ0) is 13.6. The van der Waals surface area contributed by atoms with Crippen molar-refractivity contribution >= 4 is 40.7 Å². The molecule has 0 fully saturated rings. The molecular formula is C13H6Cl2N2O2. The molecule has 0 bridgehead atoms. The molecular weight excluding hydrogens is 287 g/mol. The van der Waals surface area contributed by atoms with Crippen molar-refractivity contribution in [1.82, 2.24) is 4.98 Å². The molecule has 0 radical (unpaired) electrons. The Morgan fingerprint density at radius 3 is 2.26 bits per heavy atom. The molecule has 4 nitrogen and oxygen atoms in total. The molecule has 0 aliphatic carbocycles. The molecule has 1 aliphatic rings. The van der Waals surface area contributed by atoms with Crippen molar-refractivity contribution in [2.75, 3.05) is 4.90 Å². The monoisotopic (exact) mass is 292 g/mol. The topological polar surface area (TPSA) is 50.3 Å². The Bertz CT molecular complexity index is 660. The van der Waals surface area contributed by atoms with Crippen LogP contribution in [0.25, 0.3) is 0 Å². The minimum Gasteiger partial charge on any atom is -0.268 e. The average molecular weight is 293 g/mol. The number of halogens is 2. The predicted octanol–water partition coefficient (Wildman–Crippen LogP) is 3.19. The van der Waals surface area contributed by atoms with E-state index in [-0.39, 0.29) is 27.0 Å². The number of nitrogens with zero attached hydrogens (tertiary/aromatic N) is 2. The number of aromatic nitrogens is 1. The highest BCUT2D eigenvalue weighted by atomic mass is 35.5. The third kappa shape index (κ3) is 1.72. The fraction of sp³-hybridized carbons (Fsp3) is 0. The smallest absolute Gasteiger partial charge is 0.268 e. The van der Waals surface area contributed by atoms with Gasteiger partial charge in [0.25, 0.3) is 11.8 Å². The summed E-state index contributed by atoms with van der Waals surface area (Å²) in [5, 5.41) is 0.476. The maximum absolute atomic E-state index is 12.3. The summed E-state index contributed by atoms with van der Waals surface area (Å²) in [5.41, 5.74) is 0.561. The number of hydrogen-bond donors (Lipinski definition) is 0. The normalized spacial score (nSPS) is 13.9. The van der Waals surface area contributed by atoms with E-state index in [1.54, 1.807) is 30.3 Å². The Hall–Kier alpha value is -1.91. The van der Waals surface area contributed by atoms with E-state index in [0.29, 0.717) is 0 Å². The highest BCUT2D eigenvalue weighted by molar-refractivity contribution is 6.44. The average Bonchev–Trinajstić information content (AvgIpc) is 2.64. The number of carbonyl (C=O) groups excluding carboxylic acids is 2. The van der Waals surface area contributed by atoms with Crippen LogP contribution in [0.3, 0.4) is 0 Å². The van der Waals surface area contributed by atoms with E-state index in [2.05, 4.69) is 4.98 Å². The highest BCUT2D eigenvalue weighted by Crippen LogP contribution is 2.37. The summed E-state index contributed by atoms with van der Waals surface area (Å²) in [4.78, 5) is 29.4. The largest absolute Gasteiger partial charge is 0.284 e. The third-order valence-corrected chi connectivity index (χ3v) is 3.42. The fourth-order valence-electron chi connectivity index (χ4n) is 1.97. The quantitative estimate of drug-likeness (QED) is 0.759. The minimum atomic E-state index is -0.518. The third-order valence-electron chi connectivity index (χ3n) is 2.81. The molecule has 0 N–H and O–H groups in total. The molecule has 3 rings (SSSR count). The summed E-state index contributed by atoms with van der Waals surface area (Å²) in [5.74, 6) is -0.987. The van der Waals surface area contributed by atoms with E-state index in [4.69, 9.17) is 23.2 Å². The molecule has 6 heteroatoms. The Morgan fingerprint density at radius 2 is 1.63 bits per heavy atom. The van der Waals surface area contributed by atoms with Gasteiger partial charge in [-0.15, -0.1) is 0 Å². The Kier molecular flexibility index (Phi) is 2.77. The number of amides is 2. The van der Waals surface area contributed by atoms with Gasteiger partial charge in [0.15, 0.2) is 0 Å². The van der Waals surface area contributed by atoms with E-state index in [0.717, 1.165) is 4.90 Å². The van der Waals surface area contributed by atoms with Gasteiger partial charge in [0.05, 0.1) is 21.3 Å². The number of imide groups is 1. The van der Waals surface area contributed by atoms with Gasteiger partial charge >= 0.3 is 0 Å². The van der Waals surface area contributed by atoms with Crippen molar-refractivity contribution in [3.8, 4) is 0 Å². The number of carbonyl (C=O) groups is 2. The lowest BCUT2D eigenvalue weighted by molar-refractivity contribution is 0.0924. The van der Waals surface area contributed by atoms with Crippen molar-refractivity contribution < 1.29 is 9.59 Å². The van der Waals surface area contributed by atoms with Crippen molar-refractivity contribution in [2.45, 2.75) is 0 Å². The Morgan fingerprint density at radius 1 is 0.947 bits per heavy atom. The lowest BCUT2D eigenvalue weighted by Gasteiger charge is -2.16. The zero-order valence-corrected chi connectivity index (χ0v) is 10.9. The standard InChI is InChI=1S/C13H6Cl2N2O2/c14-8-4-1-5-9(15)11(8)17-12(18)7-3-2-6-16-10(7)13(17)19/h1-6H. The fourth-order valence-corrected chi connectivity index (χ4v) is 2.54. The Balaban J connectivity index is 2.20. The van der Waals surface area contributed by atoms with Gasteiger partial charge in [0, 0.05) is 6.20 Å². The van der Waals surface area contributed by atoms with Gasteiger partial charge in [-0.3, -0.25) is 14.6 Å². The molecule has 1 aromatic carbocycles. The van der Waals surface area contributed by atoms with Gasteiger partial charge in [0.2, 0.25) is 0 Å². The van der Waals surface area contributed by atoms with Crippen LogP contribution in [0.4, 0.5) is 5.69 Å². The van der Waals surface area contributed by atoms with Gasteiger partial charge in [-0.05, 0) is 24.3 Å². The van der Waals surface area contributed by atoms with Gasteiger partial charge in [-0.2, -0.15) is 0 Å². The van der Waals surface area contributed by atoms with Crippen LogP contribution < -0.4 is 4.90 Å². The van der Waals surface area contributed by atoms with E-state index in [9.17, 15) is 9.59 Å². The second-order valence-electron chi connectivity index (χ2n) is 3.92. The molecule has 0 spiro atoms. The SMILES string of the molecule is O=C1c2cccnc2C(=O)N1c1c(Cl)cccc1Cl. The summed E-state index contributed by atoms with van der Waals surface area (Å²) in [6, 6.07) is 7.93. The molecule has 94 valence electrons. The first-order valence-corrected chi connectivity index (χ1v) is 6.14. The maximum atomic E-state index is 12.3. The first-order chi connectivity index (χ1) is 9.11. The summed E-state index contributed by atoms with van der Waals surface area (Å²) >= 11 is 12.1. The number of rotatable bonds is 1. The predicted molar refractivity (Wildman–Crippen MR) is 71.8 cm³/mol. The lowest BCUT2D eigenvalue weighted by atomic mass is 10.2. The van der Waals surface area contributed by atoms with Crippen LogP contribution in [0.5, 0.6) is 0 Å². The van der Waals surface area contributed by atoms with E-state index in [1.807, 2.05) is 0 Å². The minimum absolute atomic E-state index is 0.114. The van der Waals surface area contributed by atoms with E-state index >= 15 is 0 Å². The van der Waals surface area contributed by atoms with Gasteiger partial charge in [0.1, 0.15) is 5.69 Å². The van der Waals surface area contributed by atoms with Crippen molar-refractivity contribution in [3.63, 3.8) is 0 Å². The highest BCUT2D eigenvalue weighted by Gasteiger charge is 2.39. The molecule has 19 heavy (non-hydrogen) atoms. The van der Waals surface area contributed by atoms with Crippen molar-refractivity contribution in [1.29, 1.82) is 0 Å². The second-order valence-corrected chi connectivity index (χ2v) is 4.73. The molecule has 0 unspecified atom stereocenters. The van der Waals surface area contributed by atoms with Gasteiger partial charge in [-0.25, -0.2) is 4.90 Å². The summed E-state index contributed by atoms with van der Waals surface area (Å²) in [7, 11) is 0. The van der Waals surface area contributed by atoms with Gasteiger partial charge < -0.3 is 0 Å². The number of benzene rings is 1. The molecule has 0 saturated heterocycles. The molecule has 0 atom stereocenters. The van der Waals surface area contributed by atoms with Crippen LogP contribution >= 0.6 is 23.2 Å². The second kappa shape index (κ2) is 4.33. The van der Waals surface area contributed by atoms with E-state index in [1.165, 1.54) is 6.20 Å². The molecule has 2 amide bonds. The zero-order valence-electron chi connectivity index (χ0n) is 9.43. The summed E-state index contributed by atoms with van der Waals surface area (Å²) in [6.07, 6.45) is 1.46. The summed E-state index contributed by atoms with van der Waals surface area (Å²) in [6.45, 7) is 0. The number of anilines is 1. The lowest BCUT2D eigenvalue weighted by Crippen LogP contribution is -2.30. The molecule has 1 aliphatic heterocycles. The van der Waals surface area contributed by atoms with Crippen LogP contribution in [-0.2, 0) is 0 Å². The number of para-hydroxylation sites is 1. The molecule has 2 aromatic rings. The maximum Gasteiger partial charge on any atom is 0.284 e. The van der Waals surface area contributed by atoms with Crippen LogP contribution in [0.2, 0.25) is 10.0 Å². The van der Waals surface area contributed by atoms with Crippen LogP contribution in [-0.4, -0.2) is 16.8 Å². The molecule has 0 saturated carbocycles. The summed E-state index contributed by atoms with van der Waals surface area (Å²) < 4.78 is 0. The van der Waals surface area contributed by atoms with Crippen molar-refractivity contribution in [3.05, 3.63) is 57.8 Å². The molecule has 1 aromatic heterocycles. The van der Waals surface area contributed by atoms with Crippen molar-refractivity contribution in [2.24, 2.45) is 0 Å². The molecule has 2 heterocycles. The van der Waals surface area contributed by atoms with Crippen LogP contribution in [0.1, 0.15) is 20.8 Å². The van der Waals surface area contributed by atoms with Crippen LogP contribution in [0, 0.1) is 0 Å². The van der Waals surface area contributed by atoms with E-state index < -0.39 is 11.8 Å². The number of pyridine rings is 1. The Labute approximate surface area is 118 Å². The first kappa shape index (κ1) is 12.1. The van der Waals surface area contributed by atoms with Crippen LogP contribution in [0.15, 0.2) is 36.5 Å². The number of hydrogen-bond acceptors (Lipinski definition) is 3.